The van der Waals surface area contributed by atoms with Crippen LogP contribution in [-0.2, 0) is 16.1 Å². The molecule has 3 fully saturated rings. The number of unbranched alkanes of at least 4 members (excludes halogenated alkanes) is 1. The van der Waals surface area contributed by atoms with Crippen molar-refractivity contribution in [2.75, 3.05) is 39.4 Å². The summed E-state index contributed by atoms with van der Waals surface area (Å²) >= 11 is 0. The van der Waals surface area contributed by atoms with Crippen LogP contribution in [0, 0.1) is 22.7 Å². The van der Waals surface area contributed by atoms with E-state index < -0.39 is 0 Å². The maximum absolute atomic E-state index is 13.4. The van der Waals surface area contributed by atoms with Crippen molar-refractivity contribution in [3.05, 3.63) is 53.3 Å². The molecule has 9 heteroatoms. The molecule has 2 aliphatic heterocycles. The van der Waals surface area contributed by atoms with Crippen molar-refractivity contribution in [2.24, 2.45) is 22.7 Å². The molecule has 0 bridgehead atoms. The van der Waals surface area contributed by atoms with Crippen LogP contribution in [0.15, 0.2) is 36.7 Å². The molecule has 2 aromatic rings. The van der Waals surface area contributed by atoms with Gasteiger partial charge in [0, 0.05) is 56.2 Å². The number of hydrogen-bond donors (Lipinski definition) is 1. The fraction of sp³-hybridized carbons (Fsp3) is 0.586. The first-order valence-corrected chi connectivity index (χ1v) is 13.6. The molecular weight excluding hydrogens is 484 g/mol. The quantitative estimate of drug-likeness (QED) is 0.401. The normalized spacial score (nSPS) is 22.8. The molecule has 2 amide bonds. The molecule has 2 saturated heterocycles. The van der Waals surface area contributed by atoms with Crippen LogP contribution in [0.4, 0.5) is 0 Å². The number of likely N-dealkylation sites (tertiary alicyclic amines) is 2. The SMILES string of the molecule is CCCCOC(=O)c1ccccc1Cn1cc(C(=O)N2C[C@@H](CO)C3(C2)CN(C(=O)[C@H]2CC2(C)C)C3)cn1. The van der Waals surface area contributed by atoms with Crippen LogP contribution >= 0.6 is 0 Å². The zero-order chi connectivity index (χ0) is 27.1. The number of hydrogen-bond acceptors (Lipinski definition) is 6. The van der Waals surface area contributed by atoms with Crippen LogP contribution in [0.1, 0.15) is 66.3 Å². The number of amides is 2. The summed E-state index contributed by atoms with van der Waals surface area (Å²) in [5.74, 6) is -0.234. The molecule has 1 N–H and O–H groups in total. The minimum absolute atomic E-state index is 0.00880. The molecule has 2 atom stereocenters. The number of nitrogens with zero attached hydrogens (tertiary/aromatic N) is 4. The topological polar surface area (TPSA) is 105 Å². The first kappa shape index (κ1) is 26.4. The highest BCUT2D eigenvalue weighted by Crippen LogP contribution is 2.54. The predicted molar refractivity (Wildman–Crippen MR) is 140 cm³/mol. The lowest BCUT2D eigenvalue weighted by molar-refractivity contribution is -0.148. The van der Waals surface area contributed by atoms with Gasteiger partial charge in [0.1, 0.15) is 0 Å². The van der Waals surface area contributed by atoms with Gasteiger partial charge in [-0.3, -0.25) is 14.3 Å². The molecule has 1 aromatic heterocycles. The van der Waals surface area contributed by atoms with Gasteiger partial charge in [-0.2, -0.15) is 5.10 Å². The van der Waals surface area contributed by atoms with Gasteiger partial charge < -0.3 is 19.6 Å². The van der Waals surface area contributed by atoms with E-state index in [1.54, 1.807) is 34.1 Å². The predicted octanol–water partition coefficient (Wildman–Crippen LogP) is 2.83. The molecule has 1 spiro atoms. The van der Waals surface area contributed by atoms with Gasteiger partial charge in [-0.05, 0) is 29.9 Å². The highest BCUT2D eigenvalue weighted by molar-refractivity contribution is 5.94. The van der Waals surface area contributed by atoms with Crippen molar-refractivity contribution in [2.45, 2.75) is 46.6 Å². The average molecular weight is 523 g/mol. The number of esters is 1. The number of benzene rings is 1. The molecule has 0 unspecified atom stereocenters. The number of aliphatic hydroxyl groups is 1. The lowest BCUT2D eigenvalue weighted by atomic mass is 9.71. The molecule has 3 heterocycles. The number of aromatic nitrogens is 2. The van der Waals surface area contributed by atoms with Crippen molar-refractivity contribution in [1.29, 1.82) is 0 Å². The van der Waals surface area contributed by atoms with Crippen LogP contribution in [0.2, 0.25) is 0 Å². The average Bonchev–Trinajstić information content (AvgIpc) is 3.21. The van der Waals surface area contributed by atoms with Gasteiger partial charge in [0.05, 0.1) is 30.5 Å². The molecular formula is C29H38N4O5. The minimum atomic E-state index is -0.354. The molecule has 38 heavy (non-hydrogen) atoms. The highest BCUT2D eigenvalue weighted by atomic mass is 16.5. The van der Waals surface area contributed by atoms with Crippen LogP contribution < -0.4 is 0 Å². The third kappa shape index (κ3) is 4.96. The smallest absolute Gasteiger partial charge is 0.338 e. The summed E-state index contributed by atoms with van der Waals surface area (Å²) in [6.07, 6.45) is 5.95. The second-order valence-electron chi connectivity index (χ2n) is 11.9. The van der Waals surface area contributed by atoms with Gasteiger partial charge in [-0.1, -0.05) is 45.4 Å². The first-order valence-electron chi connectivity index (χ1n) is 13.6. The second-order valence-corrected chi connectivity index (χ2v) is 11.9. The molecule has 1 saturated carbocycles. The molecule has 0 radical (unpaired) electrons. The number of rotatable bonds is 9. The summed E-state index contributed by atoms with van der Waals surface area (Å²) < 4.78 is 7.04. The Labute approximate surface area is 223 Å². The minimum Gasteiger partial charge on any atom is -0.462 e. The van der Waals surface area contributed by atoms with Crippen LogP contribution in [0.5, 0.6) is 0 Å². The van der Waals surface area contributed by atoms with E-state index in [4.69, 9.17) is 4.74 Å². The standard InChI is InChI=1S/C29H38N4O5/c1-4-5-10-38-27(37)23-9-7-6-8-20(23)13-33-14-21(12-30-33)25(35)31-15-22(16-34)29(17-31)18-32(19-29)26(36)24-11-28(24,2)3/h6-9,12,14,22,24,34H,4-5,10-11,13,15-19H2,1-3H3/t22-,24+/m0/s1. The summed E-state index contributed by atoms with van der Waals surface area (Å²) in [4.78, 5) is 42.4. The number of aliphatic hydroxyl groups excluding tert-OH is 1. The Morgan fingerprint density at radius 3 is 2.53 bits per heavy atom. The Bertz CT molecular complexity index is 1220. The summed E-state index contributed by atoms with van der Waals surface area (Å²) in [7, 11) is 0. The lowest BCUT2D eigenvalue weighted by Crippen LogP contribution is -2.63. The maximum atomic E-state index is 13.4. The molecule has 204 valence electrons. The van der Waals surface area contributed by atoms with Crippen molar-refractivity contribution < 1.29 is 24.2 Å². The zero-order valence-electron chi connectivity index (χ0n) is 22.6. The molecule has 1 aromatic carbocycles. The van der Waals surface area contributed by atoms with E-state index in [9.17, 15) is 19.5 Å². The Hall–Kier alpha value is -3.20. The van der Waals surface area contributed by atoms with Crippen LogP contribution in [0.25, 0.3) is 0 Å². The maximum Gasteiger partial charge on any atom is 0.338 e. The zero-order valence-corrected chi connectivity index (χ0v) is 22.6. The third-order valence-electron chi connectivity index (χ3n) is 8.64. The summed E-state index contributed by atoms with van der Waals surface area (Å²) in [5.41, 5.74) is 1.58. The van der Waals surface area contributed by atoms with E-state index in [1.165, 1.54) is 0 Å². The van der Waals surface area contributed by atoms with E-state index in [0.717, 1.165) is 24.8 Å². The first-order chi connectivity index (χ1) is 18.2. The van der Waals surface area contributed by atoms with Crippen LogP contribution in [0.3, 0.4) is 0 Å². The summed E-state index contributed by atoms with van der Waals surface area (Å²) in [5, 5.41) is 14.5. The van der Waals surface area contributed by atoms with E-state index >= 15 is 0 Å². The van der Waals surface area contributed by atoms with Gasteiger partial charge in [-0.25, -0.2) is 4.79 Å². The molecule has 1 aliphatic carbocycles. The Morgan fingerprint density at radius 2 is 1.84 bits per heavy atom. The molecule has 5 rings (SSSR count). The fourth-order valence-corrected chi connectivity index (χ4v) is 5.94. The van der Waals surface area contributed by atoms with E-state index in [2.05, 4.69) is 18.9 Å². The lowest BCUT2D eigenvalue weighted by Gasteiger charge is -2.50. The summed E-state index contributed by atoms with van der Waals surface area (Å²) in [6.45, 7) is 9.18. The number of carbonyl (C=O) groups is 3. The molecule has 9 nitrogen and oxygen atoms in total. The van der Waals surface area contributed by atoms with Gasteiger partial charge in [0.15, 0.2) is 0 Å². The van der Waals surface area contributed by atoms with Gasteiger partial charge in [-0.15, -0.1) is 0 Å². The Balaban J connectivity index is 1.22. The van der Waals surface area contributed by atoms with Gasteiger partial charge in [0.25, 0.3) is 5.91 Å². The van der Waals surface area contributed by atoms with Crippen molar-refractivity contribution >= 4 is 17.8 Å². The van der Waals surface area contributed by atoms with E-state index in [1.807, 2.05) is 24.0 Å². The Morgan fingerprint density at radius 1 is 1.13 bits per heavy atom. The van der Waals surface area contributed by atoms with E-state index in [-0.39, 0.29) is 47.1 Å². The Kier molecular flexibility index (Phi) is 7.07. The summed E-state index contributed by atoms with van der Waals surface area (Å²) in [6, 6.07) is 7.28. The van der Waals surface area contributed by atoms with Gasteiger partial charge in [0.2, 0.25) is 5.91 Å². The third-order valence-corrected chi connectivity index (χ3v) is 8.64. The highest BCUT2D eigenvalue weighted by Gasteiger charge is 2.60. The monoisotopic (exact) mass is 522 g/mol. The largest absolute Gasteiger partial charge is 0.462 e. The van der Waals surface area contributed by atoms with E-state index in [0.29, 0.717) is 50.5 Å². The van der Waals surface area contributed by atoms with Crippen molar-refractivity contribution in [1.82, 2.24) is 19.6 Å². The number of ether oxygens (including phenoxy) is 1. The fourth-order valence-electron chi connectivity index (χ4n) is 5.94. The van der Waals surface area contributed by atoms with Crippen LogP contribution in [-0.4, -0.2) is 81.9 Å². The molecule has 3 aliphatic rings. The van der Waals surface area contributed by atoms with Crippen molar-refractivity contribution in [3.63, 3.8) is 0 Å². The second kappa shape index (κ2) is 10.2. The van der Waals surface area contributed by atoms with Crippen molar-refractivity contribution in [3.8, 4) is 0 Å². The number of carbonyl (C=O) groups excluding carboxylic acids is 3. The van der Waals surface area contributed by atoms with Gasteiger partial charge >= 0.3 is 5.97 Å².